The zero-order chi connectivity index (χ0) is 13.4. The third kappa shape index (κ3) is 1.70. The molecule has 0 bridgehead atoms. The molecule has 0 aromatic carbocycles. The number of carboxylic acids is 1. The Morgan fingerprint density at radius 1 is 1.39 bits per heavy atom. The van der Waals surface area contributed by atoms with Crippen LogP contribution < -0.4 is 4.74 Å². The number of hydrogen-bond acceptors (Lipinski definition) is 4. The summed E-state index contributed by atoms with van der Waals surface area (Å²) >= 11 is 0. The normalized spacial score (nSPS) is 10.9. The van der Waals surface area contributed by atoms with Crippen molar-refractivity contribution in [3.05, 3.63) is 17.1 Å². The SMILES string of the molecule is CCOc1c(C(=O)O)c(C)nc2c1nc(C)n2C. The molecule has 0 aliphatic rings. The monoisotopic (exact) mass is 249 g/mol. The number of carboxylic acid groups (broad SMARTS) is 1. The molecule has 0 radical (unpaired) electrons. The molecule has 0 unspecified atom stereocenters. The highest BCUT2D eigenvalue weighted by Gasteiger charge is 2.22. The van der Waals surface area contributed by atoms with Crippen LogP contribution in [0.3, 0.4) is 0 Å². The van der Waals surface area contributed by atoms with Crippen molar-refractivity contribution in [3.8, 4) is 5.75 Å². The van der Waals surface area contributed by atoms with Crippen molar-refractivity contribution >= 4 is 17.1 Å². The molecule has 0 fully saturated rings. The molecule has 2 aromatic heterocycles. The van der Waals surface area contributed by atoms with Gasteiger partial charge < -0.3 is 14.4 Å². The van der Waals surface area contributed by atoms with E-state index in [-0.39, 0.29) is 5.56 Å². The first-order chi connectivity index (χ1) is 8.47. The first kappa shape index (κ1) is 12.3. The summed E-state index contributed by atoms with van der Waals surface area (Å²) in [5, 5.41) is 9.25. The highest BCUT2D eigenvalue weighted by atomic mass is 16.5. The third-order valence-corrected chi connectivity index (χ3v) is 2.87. The van der Waals surface area contributed by atoms with Gasteiger partial charge in [-0.25, -0.2) is 14.8 Å². The van der Waals surface area contributed by atoms with E-state index in [1.165, 1.54) is 0 Å². The predicted molar refractivity (Wildman–Crippen MR) is 66.1 cm³/mol. The molecule has 2 rings (SSSR count). The maximum atomic E-state index is 11.3. The number of fused-ring (bicyclic) bond motifs is 1. The fourth-order valence-electron chi connectivity index (χ4n) is 1.91. The summed E-state index contributed by atoms with van der Waals surface area (Å²) in [5.74, 6) is 0.0187. The second-order valence-corrected chi connectivity index (χ2v) is 4.03. The fraction of sp³-hybridized carbons (Fsp3) is 0.417. The van der Waals surface area contributed by atoms with Crippen LogP contribution in [0, 0.1) is 13.8 Å². The molecule has 0 aliphatic carbocycles. The van der Waals surface area contributed by atoms with Crippen LogP contribution >= 0.6 is 0 Å². The van der Waals surface area contributed by atoms with Gasteiger partial charge in [-0.3, -0.25) is 0 Å². The van der Waals surface area contributed by atoms with Crippen LogP contribution in [0.5, 0.6) is 5.75 Å². The molecule has 0 aliphatic heterocycles. The van der Waals surface area contributed by atoms with Crippen molar-refractivity contribution in [3.63, 3.8) is 0 Å². The predicted octanol–water partition coefficient (Wildman–Crippen LogP) is 1.68. The largest absolute Gasteiger partial charge is 0.490 e. The second-order valence-electron chi connectivity index (χ2n) is 4.03. The van der Waals surface area contributed by atoms with Gasteiger partial charge in [-0.05, 0) is 20.8 Å². The molecule has 0 saturated carbocycles. The number of aromatic carboxylic acids is 1. The van der Waals surface area contributed by atoms with Gasteiger partial charge >= 0.3 is 5.97 Å². The van der Waals surface area contributed by atoms with E-state index >= 15 is 0 Å². The molecule has 2 aromatic rings. The van der Waals surface area contributed by atoms with Crippen molar-refractivity contribution in [2.45, 2.75) is 20.8 Å². The van der Waals surface area contributed by atoms with Crippen LogP contribution in [0.25, 0.3) is 11.2 Å². The van der Waals surface area contributed by atoms with Crippen LogP contribution in [0.1, 0.15) is 28.8 Å². The van der Waals surface area contributed by atoms with Crippen LogP contribution in [0.2, 0.25) is 0 Å². The van der Waals surface area contributed by atoms with E-state index in [0.29, 0.717) is 29.2 Å². The molecule has 6 heteroatoms. The van der Waals surface area contributed by atoms with Gasteiger partial charge in [-0.1, -0.05) is 0 Å². The fourth-order valence-corrected chi connectivity index (χ4v) is 1.91. The van der Waals surface area contributed by atoms with Gasteiger partial charge in [0.25, 0.3) is 0 Å². The first-order valence-corrected chi connectivity index (χ1v) is 5.67. The van der Waals surface area contributed by atoms with Gasteiger partial charge in [0.2, 0.25) is 0 Å². The number of ether oxygens (including phenoxy) is 1. The van der Waals surface area contributed by atoms with Crippen LogP contribution in [-0.2, 0) is 7.05 Å². The summed E-state index contributed by atoms with van der Waals surface area (Å²) in [7, 11) is 1.84. The van der Waals surface area contributed by atoms with Crippen molar-refractivity contribution in [1.82, 2.24) is 14.5 Å². The van der Waals surface area contributed by atoms with Gasteiger partial charge in [0.1, 0.15) is 11.4 Å². The minimum atomic E-state index is -1.05. The Morgan fingerprint density at radius 2 is 2.06 bits per heavy atom. The molecule has 2 heterocycles. The van der Waals surface area contributed by atoms with Crippen LogP contribution in [0.15, 0.2) is 0 Å². The third-order valence-electron chi connectivity index (χ3n) is 2.87. The lowest BCUT2D eigenvalue weighted by atomic mass is 10.1. The summed E-state index contributed by atoms with van der Waals surface area (Å²) in [5.41, 5.74) is 1.65. The molecular formula is C12H15N3O3. The van der Waals surface area contributed by atoms with Gasteiger partial charge in [0, 0.05) is 7.05 Å². The molecule has 0 atom stereocenters. The van der Waals surface area contributed by atoms with E-state index in [4.69, 9.17) is 4.74 Å². The van der Waals surface area contributed by atoms with Crippen molar-refractivity contribution in [1.29, 1.82) is 0 Å². The summed E-state index contributed by atoms with van der Waals surface area (Å²) in [4.78, 5) is 19.9. The molecule has 96 valence electrons. The Bertz CT molecular complexity index is 631. The van der Waals surface area contributed by atoms with Crippen molar-refractivity contribution < 1.29 is 14.6 Å². The highest BCUT2D eigenvalue weighted by Crippen LogP contribution is 2.30. The summed E-state index contributed by atoms with van der Waals surface area (Å²) in [6.07, 6.45) is 0. The first-order valence-electron chi connectivity index (χ1n) is 5.67. The van der Waals surface area contributed by atoms with E-state index in [1.807, 2.05) is 25.5 Å². The van der Waals surface area contributed by atoms with E-state index in [2.05, 4.69) is 9.97 Å². The van der Waals surface area contributed by atoms with Crippen LogP contribution in [-0.4, -0.2) is 32.2 Å². The zero-order valence-corrected chi connectivity index (χ0v) is 10.8. The molecule has 1 N–H and O–H groups in total. The van der Waals surface area contributed by atoms with E-state index in [1.54, 1.807) is 6.92 Å². The maximum Gasteiger partial charge on any atom is 0.341 e. The van der Waals surface area contributed by atoms with E-state index < -0.39 is 5.97 Å². The van der Waals surface area contributed by atoms with Gasteiger partial charge in [-0.2, -0.15) is 0 Å². The lowest BCUT2D eigenvalue weighted by molar-refractivity contribution is 0.0691. The number of nitrogens with zero attached hydrogens (tertiary/aromatic N) is 3. The van der Waals surface area contributed by atoms with Crippen LogP contribution in [0.4, 0.5) is 0 Å². The Kier molecular flexibility index (Phi) is 2.94. The molecule has 18 heavy (non-hydrogen) atoms. The maximum absolute atomic E-state index is 11.3. The second kappa shape index (κ2) is 4.29. The highest BCUT2D eigenvalue weighted by molar-refractivity contribution is 5.98. The van der Waals surface area contributed by atoms with Gasteiger partial charge in [0.05, 0.1) is 12.3 Å². The Morgan fingerprint density at radius 3 is 2.61 bits per heavy atom. The average Bonchev–Trinajstić information content (AvgIpc) is 2.56. The number of aromatic nitrogens is 3. The lowest BCUT2D eigenvalue weighted by Crippen LogP contribution is -2.08. The number of aryl methyl sites for hydroxylation is 3. The average molecular weight is 249 g/mol. The summed E-state index contributed by atoms with van der Waals surface area (Å²) in [6.45, 7) is 5.69. The molecule has 0 spiro atoms. The standard InChI is InChI=1S/C12H15N3O3/c1-5-18-10-8(12(16)17)6(2)13-11-9(10)14-7(3)15(11)4/h5H2,1-4H3,(H,16,17). The molecular weight excluding hydrogens is 234 g/mol. The number of carbonyl (C=O) groups is 1. The van der Waals surface area contributed by atoms with E-state index in [9.17, 15) is 9.90 Å². The number of pyridine rings is 1. The van der Waals surface area contributed by atoms with E-state index in [0.717, 1.165) is 5.82 Å². The smallest absolute Gasteiger partial charge is 0.341 e. The molecule has 6 nitrogen and oxygen atoms in total. The molecule has 0 saturated heterocycles. The Labute approximate surface area is 104 Å². The minimum absolute atomic E-state index is 0.0856. The van der Waals surface area contributed by atoms with Gasteiger partial charge in [0.15, 0.2) is 16.9 Å². The summed E-state index contributed by atoms with van der Waals surface area (Å²) in [6, 6.07) is 0. The van der Waals surface area contributed by atoms with Crippen molar-refractivity contribution in [2.75, 3.05) is 6.61 Å². The Hall–Kier alpha value is -2.11. The van der Waals surface area contributed by atoms with Gasteiger partial charge in [-0.15, -0.1) is 0 Å². The minimum Gasteiger partial charge on any atom is -0.490 e. The zero-order valence-electron chi connectivity index (χ0n) is 10.8. The quantitative estimate of drug-likeness (QED) is 0.895. The molecule has 0 amide bonds. The topological polar surface area (TPSA) is 77.2 Å². The number of imidazole rings is 1. The Balaban J connectivity index is 2.89. The number of rotatable bonds is 3. The number of hydrogen-bond donors (Lipinski definition) is 1. The lowest BCUT2D eigenvalue weighted by Gasteiger charge is -2.10. The van der Waals surface area contributed by atoms with Crippen molar-refractivity contribution in [2.24, 2.45) is 7.05 Å². The summed E-state index contributed by atoms with van der Waals surface area (Å²) < 4.78 is 7.28.